The molecule has 1 heterocycles. The summed E-state index contributed by atoms with van der Waals surface area (Å²) in [6, 6.07) is 9.54. The molecule has 28 heavy (non-hydrogen) atoms. The maximum atomic E-state index is 12.5. The molecule has 1 saturated heterocycles. The van der Waals surface area contributed by atoms with Gasteiger partial charge in [-0.1, -0.05) is 6.07 Å². The lowest BCUT2D eigenvalue weighted by Crippen LogP contribution is -2.33. The lowest BCUT2D eigenvalue weighted by Gasteiger charge is -2.11. The van der Waals surface area contributed by atoms with Crippen LogP contribution in [0, 0.1) is 10.1 Å². The summed E-state index contributed by atoms with van der Waals surface area (Å²) in [6.45, 7) is -0.459. The zero-order chi connectivity index (χ0) is 20.4. The second-order valence-electron chi connectivity index (χ2n) is 5.71. The predicted molar refractivity (Wildman–Crippen MR) is 106 cm³/mol. The minimum absolute atomic E-state index is 0.0407. The smallest absolute Gasteiger partial charge is 0.293 e. The van der Waals surface area contributed by atoms with E-state index in [1.807, 2.05) is 0 Å². The molecule has 0 saturated carbocycles. The van der Waals surface area contributed by atoms with Gasteiger partial charge in [0.2, 0.25) is 0 Å². The topological polar surface area (TPSA) is 118 Å². The molecule has 2 amide bonds. The van der Waals surface area contributed by atoms with Crippen LogP contribution in [0.3, 0.4) is 0 Å². The highest BCUT2D eigenvalue weighted by Gasteiger charge is 2.36. The lowest BCUT2D eigenvalue weighted by atomic mass is 10.1. The van der Waals surface area contributed by atoms with Crippen LogP contribution in [0.2, 0.25) is 0 Å². The summed E-state index contributed by atoms with van der Waals surface area (Å²) in [7, 11) is 0. The molecule has 0 radical (unpaired) electrons. The Balaban J connectivity index is 1.76. The zero-order valence-corrected chi connectivity index (χ0v) is 16.4. The molecule has 10 heteroatoms. The third-order valence-electron chi connectivity index (χ3n) is 3.84. The Hall–Kier alpha value is -2.98. The number of hydrogen-bond acceptors (Lipinski definition) is 7. The van der Waals surface area contributed by atoms with Crippen LogP contribution in [0.1, 0.15) is 15.9 Å². The summed E-state index contributed by atoms with van der Waals surface area (Å²) in [5, 5.41) is 19.6. The number of benzene rings is 2. The largest absolute Gasteiger partial charge is 0.507 e. The van der Waals surface area contributed by atoms with E-state index in [4.69, 9.17) is 0 Å². The van der Waals surface area contributed by atoms with Crippen molar-refractivity contribution in [1.29, 1.82) is 0 Å². The van der Waals surface area contributed by atoms with Crippen molar-refractivity contribution in [2.45, 2.75) is 0 Å². The zero-order valence-electron chi connectivity index (χ0n) is 14.0. The number of nitro groups is 1. The highest BCUT2D eigenvalue weighted by molar-refractivity contribution is 9.10. The van der Waals surface area contributed by atoms with Crippen molar-refractivity contribution in [3.63, 3.8) is 0 Å². The Morgan fingerprint density at radius 3 is 2.50 bits per heavy atom. The molecule has 3 rings (SSSR count). The number of carbonyl (C=O) groups is 3. The highest BCUT2D eigenvalue weighted by atomic mass is 79.9. The molecule has 2 aromatic carbocycles. The number of thioether (sulfide) groups is 1. The molecular formula is C18H11BrN2O6S. The number of phenols is 1. The number of carbonyl (C=O) groups excluding carboxylic acids is 3. The number of ketones is 1. The van der Waals surface area contributed by atoms with Gasteiger partial charge in [-0.25, -0.2) is 0 Å². The first kappa shape index (κ1) is 19.8. The number of imide groups is 1. The van der Waals surface area contributed by atoms with Crippen molar-refractivity contribution in [3.05, 3.63) is 73.1 Å². The van der Waals surface area contributed by atoms with Crippen molar-refractivity contribution in [2.24, 2.45) is 0 Å². The van der Waals surface area contributed by atoms with Gasteiger partial charge in [-0.15, -0.1) is 0 Å². The van der Waals surface area contributed by atoms with Gasteiger partial charge >= 0.3 is 0 Å². The number of nitro benzene ring substituents is 1. The predicted octanol–water partition coefficient (Wildman–Crippen LogP) is 3.98. The molecule has 0 aromatic heterocycles. The number of hydrogen-bond donors (Lipinski definition) is 1. The number of Topliss-reactive ketones (excluding diaryl/α,β-unsaturated/α-hetero) is 1. The molecule has 0 bridgehead atoms. The second kappa shape index (κ2) is 7.95. The molecule has 8 nitrogen and oxygen atoms in total. The molecule has 0 spiro atoms. The highest BCUT2D eigenvalue weighted by Crippen LogP contribution is 2.33. The maximum Gasteiger partial charge on any atom is 0.293 e. The number of nitrogens with zero attached hydrogens (tertiary/aromatic N) is 2. The van der Waals surface area contributed by atoms with Gasteiger partial charge in [0, 0.05) is 17.7 Å². The Labute approximate surface area is 171 Å². The van der Waals surface area contributed by atoms with Crippen molar-refractivity contribution < 1.29 is 24.4 Å². The van der Waals surface area contributed by atoms with Gasteiger partial charge in [0.1, 0.15) is 5.75 Å². The Morgan fingerprint density at radius 1 is 1.21 bits per heavy atom. The van der Waals surface area contributed by atoms with Gasteiger partial charge in [0.25, 0.3) is 16.8 Å². The van der Waals surface area contributed by atoms with Crippen LogP contribution in [0.4, 0.5) is 10.5 Å². The Kier molecular flexibility index (Phi) is 5.61. The van der Waals surface area contributed by atoms with Gasteiger partial charge < -0.3 is 5.11 Å². The van der Waals surface area contributed by atoms with E-state index in [9.17, 15) is 29.6 Å². The monoisotopic (exact) mass is 462 g/mol. The SMILES string of the molecule is O=C(CN1C(=O)S/C(=C/c2ccc(O)c(Br)c2)C1=O)c1ccc([N+](=O)[O-])cc1. The normalized spacial score (nSPS) is 15.3. The number of aromatic hydroxyl groups is 1. The van der Waals surface area contributed by atoms with Crippen LogP contribution in [-0.2, 0) is 4.79 Å². The van der Waals surface area contributed by atoms with E-state index in [0.29, 0.717) is 21.8 Å². The van der Waals surface area contributed by atoms with E-state index < -0.39 is 28.4 Å². The fourth-order valence-electron chi connectivity index (χ4n) is 2.40. The summed E-state index contributed by atoms with van der Waals surface area (Å²) in [5.74, 6) is -1.07. The first-order chi connectivity index (χ1) is 13.3. The van der Waals surface area contributed by atoms with Gasteiger partial charge in [0.05, 0.1) is 20.8 Å². The first-order valence-corrected chi connectivity index (χ1v) is 9.39. The molecule has 1 N–H and O–H groups in total. The van der Waals surface area contributed by atoms with Crippen molar-refractivity contribution in [1.82, 2.24) is 4.90 Å². The maximum absolute atomic E-state index is 12.5. The van der Waals surface area contributed by atoms with Crippen LogP contribution in [0.25, 0.3) is 6.08 Å². The van der Waals surface area contributed by atoms with Gasteiger partial charge in [0.15, 0.2) is 5.78 Å². The minimum Gasteiger partial charge on any atom is -0.507 e. The van der Waals surface area contributed by atoms with Crippen LogP contribution in [-0.4, -0.2) is 38.4 Å². The number of rotatable bonds is 5. The molecule has 1 aliphatic heterocycles. The van der Waals surface area contributed by atoms with Gasteiger partial charge in [-0.2, -0.15) is 0 Å². The van der Waals surface area contributed by atoms with Crippen molar-refractivity contribution in [3.8, 4) is 5.75 Å². The third-order valence-corrected chi connectivity index (χ3v) is 5.39. The average molecular weight is 463 g/mol. The van der Waals surface area contributed by atoms with E-state index in [1.165, 1.54) is 36.4 Å². The van der Waals surface area contributed by atoms with Gasteiger partial charge in [-0.3, -0.25) is 29.4 Å². The number of non-ortho nitro benzene ring substituents is 1. The van der Waals surface area contributed by atoms with E-state index in [0.717, 1.165) is 4.90 Å². The summed E-state index contributed by atoms with van der Waals surface area (Å²) in [5.41, 5.74) is 0.596. The molecule has 0 unspecified atom stereocenters. The number of amides is 2. The molecule has 1 fully saturated rings. The quantitative estimate of drug-likeness (QED) is 0.308. The van der Waals surface area contributed by atoms with E-state index >= 15 is 0 Å². The second-order valence-corrected chi connectivity index (χ2v) is 7.55. The summed E-state index contributed by atoms with van der Waals surface area (Å²) < 4.78 is 0.439. The van der Waals surface area contributed by atoms with Crippen LogP contribution in [0.5, 0.6) is 5.75 Å². The first-order valence-electron chi connectivity index (χ1n) is 7.78. The molecule has 0 aliphatic carbocycles. The van der Waals surface area contributed by atoms with Crippen molar-refractivity contribution in [2.75, 3.05) is 6.54 Å². The fraction of sp³-hybridized carbons (Fsp3) is 0.0556. The summed E-state index contributed by atoms with van der Waals surface area (Å²) in [4.78, 5) is 48.1. The molecule has 0 atom stereocenters. The fourth-order valence-corrected chi connectivity index (χ4v) is 3.64. The molecule has 142 valence electrons. The van der Waals surface area contributed by atoms with Crippen LogP contribution in [0.15, 0.2) is 51.8 Å². The minimum atomic E-state index is -0.602. The van der Waals surface area contributed by atoms with E-state index in [2.05, 4.69) is 15.9 Å². The van der Waals surface area contributed by atoms with Crippen LogP contribution >= 0.6 is 27.7 Å². The summed E-state index contributed by atoms with van der Waals surface area (Å²) >= 11 is 3.88. The number of phenolic OH excluding ortho intramolecular Hbond substituents is 1. The van der Waals surface area contributed by atoms with Crippen molar-refractivity contribution >= 4 is 56.4 Å². The average Bonchev–Trinajstić information content (AvgIpc) is 2.92. The Bertz CT molecular complexity index is 1030. The third kappa shape index (κ3) is 4.12. The van der Waals surface area contributed by atoms with E-state index in [-0.39, 0.29) is 21.9 Å². The standard InChI is InChI=1S/C18H11BrN2O6S/c19-13-7-10(1-6-14(13)22)8-16-17(24)20(18(25)28-16)9-15(23)11-2-4-12(5-3-11)21(26)27/h1-8,22H,9H2/b16-8+. The summed E-state index contributed by atoms with van der Waals surface area (Å²) in [6.07, 6.45) is 1.49. The van der Waals surface area contributed by atoms with Crippen LogP contribution < -0.4 is 0 Å². The molecule has 2 aromatic rings. The van der Waals surface area contributed by atoms with Gasteiger partial charge in [-0.05, 0) is 63.6 Å². The Morgan fingerprint density at radius 2 is 1.89 bits per heavy atom. The molecule has 1 aliphatic rings. The molecular weight excluding hydrogens is 452 g/mol. The van der Waals surface area contributed by atoms with E-state index in [1.54, 1.807) is 12.1 Å². The number of halogens is 1. The lowest BCUT2D eigenvalue weighted by molar-refractivity contribution is -0.384.